The molecule has 2 N–H and O–H groups in total. The predicted molar refractivity (Wildman–Crippen MR) is 127 cm³/mol. The van der Waals surface area contributed by atoms with Crippen LogP contribution in [0.3, 0.4) is 0 Å². The predicted octanol–water partition coefficient (Wildman–Crippen LogP) is 5.51. The normalized spacial score (nSPS) is 10.8. The zero-order valence-corrected chi connectivity index (χ0v) is 18.4. The number of Topliss-reactive ketones (excluding diaryl/α,β-unsaturated/α-hetero) is 1. The van der Waals surface area contributed by atoms with Crippen LogP contribution < -0.4 is 10.6 Å². The number of hydrogen-bond donors (Lipinski definition) is 2. The molecule has 31 heavy (non-hydrogen) atoms. The first kappa shape index (κ1) is 23.8. The van der Waals surface area contributed by atoms with E-state index in [-0.39, 0.29) is 23.4 Å². The minimum atomic E-state index is -0.0872. The molecular formula is C26H30N2O3. The Kier molecular flexibility index (Phi) is 8.94. The van der Waals surface area contributed by atoms with Crippen LogP contribution in [0.4, 0.5) is 11.4 Å². The summed E-state index contributed by atoms with van der Waals surface area (Å²) < 4.78 is 0. The molecule has 2 aromatic rings. The van der Waals surface area contributed by atoms with Crippen LogP contribution >= 0.6 is 0 Å². The average Bonchev–Trinajstić information content (AvgIpc) is 2.76. The lowest BCUT2D eigenvalue weighted by Crippen LogP contribution is -2.17. The molecule has 0 saturated carbocycles. The molecule has 0 bridgehead atoms. The van der Waals surface area contributed by atoms with Crippen molar-refractivity contribution in [2.24, 2.45) is 5.92 Å². The number of anilines is 2. The third kappa shape index (κ3) is 8.05. The molecule has 0 fully saturated rings. The lowest BCUT2D eigenvalue weighted by molar-refractivity contribution is -0.119. The summed E-state index contributed by atoms with van der Waals surface area (Å²) >= 11 is 0. The maximum absolute atomic E-state index is 12.4. The van der Waals surface area contributed by atoms with Crippen molar-refractivity contribution in [3.8, 4) is 0 Å². The molecular weight excluding hydrogens is 388 g/mol. The molecule has 1 amide bonds. The molecule has 162 valence electrons. The van der Waals surface area contributed by atoms with Gasteiger partial charge < -0.3 is 10.6 Å². The molecule has 0 saturated heterocycles. The molecule has 0 aliphatic rings. The molecule has 0 atom stereocenters. The van der Waals surface area contributed by atoms with Crippen LogP contribution in [0.25, 0.3) is 6.08 Å². The Morgan fingerprint density at radius 3 is 2.16 bits per heavy atom. The summed E-state index contributed by atoms with van der Waals surface area (Å²) in [5.41, 5.74) is 3.69. The molecule has 0 aliphatic carbocycles. The molecule has 2 rings (SSSR count). The third-order valence-electron chi connectivity index (χ3n) is 4.68. The quantitative estimate of drug-likeness (QED) is 0.286. The maximum Gasteiger partial charge on any atom is 0.226 e. The minimum absolute atomic E-state index is 0.0308. The number of carbonyl (C=O) groups is 3. The van der Waals surface area contributed by atoms with Crippen LogP contribution in [-0.4, -0.2) is 24.0 Å². The Hall–Kier alpha value is -3.47. The highest BCUT2D eigenvalue weighted by Gasteiger charge is 2.07. The first-order valence-electron chi connectivity index (χ1n) is 10.4. The number of nitrogens with one attached hydrogen (secondary N) is 2. The summed E-state index contributed by atoms with van der Waals surface area (Å²) in [6.45, 7) is 9.74. The van der Waals surface area contributed by atoms with Gasteiger partial charge in [0.1, 0.15) is 0 Å². The number of rotatable bonds is 11. The van der Waals surface area contributed by atoms with E-state index in [4.69, 9.17) is 0 Å². The lowest BCUT2D eigenvalue weighted by atomic mass is 10.1. The van der Waals surface area contributed by atoms with Crippen LogP contribution in [0.1, 0.15) is 49.5 Å². The maximum atomic E-state index is 12.4. The Morgan fingerprint density at radius 2 is 1.58 bits per heavy atom. The Labute approximate surface area is 184 Å². The van der Waals surface area contributed by atoms with Crippen LogP contribution in [0.5, 0.6) is 0 Å². The molecule has 0 radical (unpaired) electrons. The first-order valence-corrected chi connectivity index (χ1v) is 10.4. The summed E-state index contributed by atoms with van der Waals surface area (Å²) in [7, 11) is 0. The van der Waals surface area contributed by atoms with Crippen molar-refractivity contribution >= 4 is 34.9 Å². The number of benzene rings is 2. The second-order valence-corrected chi connectivity index (χ2v) is 7.77. The van der Waals surface area contributed by atoms with Crippen molar-refractivity contribution in [3.63, 3.8) is 0 Å². The second-order valence-electron chi connectivity index (χ2n) is 7.77. The van der Waals surface area contributed by atoms with Gasteiger partial charge in [0.15, 0.2) is 11.6 Å². The van der Waals surface area contributed by atoms with Gasteiger partial charge in [0.05, 0.1) is 0 Å². The van der Waals surface area contributed by atoms with Crippen molar-refractivity contribution in [2.45, 2.75) is 33.6 Å². The monoisotopic (exact) mass is 418 g/mol. The van der Waals surface area contributed by atoms with Gasteiger partial charge in [-0.2, -0.15) is 0 Å². The third-order valence-corrected chi connectivity index (χ3v) is 4.68. The summed E-state index contributed by atoms with van der Waals surface area (Å²) in [5, 5.41) is 6.08. The highest BCUT2D eigenvalue weighted by atomic mass is 16.2. The van der Waals surface area contributed by atoms with E-state index >= 15 is 0 Å². The van der Waals surface area contributed by atoms with E-state index in [0.717, 1.165) is 23.4 Å². The van der Waals surface area contributed by atoms with E-state index in [2.05, 4.69) is 17.2 Å². The van der Waals surface area contributed by atoms with E-state index in [1.165, 1.54) is 6.08 Å². The highest BCUT2D eigenvalue weighted by molar-refractivity contribution is 6.07. The van der Waals surface area contributed by atoms with Crippen LogP contribution in [0, 0.1) is 5.92 Å². The Morgan fingerprint density at radius 1 is 0.968 bits per heavy atom. The van der Waals surface area contributed by atoms with Gasteiger partial charge in [0.2, 0.25) is 5.91 Å². The number of allylic oxidation sites excluding steroid dienone is 2. The summed E-state index contributed by atoms with van der Waals surface area (Å²) in [5.74, 6) is -0.110. The van der Waals surface area contributed by atoms with E-state index in [1.54, 1.807) is 25.1 Å². The summed E-state index contributed by atoms with van der Waals surface area (Å²) in [6.07, 6.45) is 4.50. The van der Waals surface area contributed by atoms with Crippen molar-refractivity contribution in [1.29, 1.82) is 0 Å². The van der Waals surface area contributed by atoms with Gasteiger partial charge in [-0.05, 0) is 67.0 Å². The highest BCUT2D eigenvalue weighted by Crippen LogP contribution is 2.14. The summed E-state index contributed by atoms with van der Waals surface area (Å²) in [6, 6.07) is 14.6. The topological polar surface area (TPSA) is 75.3 Å². The van der Waals surface area contributed by atoms with Gasteiger partial charge in [-0.25, -0.2) is 0 Å². The molecule has 0 unspecified atom stereocenters. The molecule has 2 aromatic carbocycles. The van der Waals surface area contributed by atoms with Gasteiger partial charge in [-0.1, -0.05) is 38.6 Å². The number of amides is 1. The second kappa shape index (κ2) is 11.6. The van der Waals surface area contributed by atoms with Crippen molar-refractivity contribution in [3.05, 3.63) is 77.9 Å². The van der Waals surface area contributed by atoms with Crippen LogP contribution in [0.15, 0.2) is 66.8 Å². The van der Waals surface area contributed by atoms with E-state index in [0.29, 0.717) is 24.1 Å². The number of hydrogen-bond acceptors (Lipinski definition) is 4. The van der Waals surface area contributed by atoms with E-state index in [9.17, 15) is 14.4 Å². The fraction of sp³-hybridized carbons (Fsp3) is 0.269. The molecule has 5 heteroatoms. The smallest absolute Gasteiger partial charge is 0.226 e. The zero-order chi connectivity index (χ0) is 22.8. The number of carbonyl (C=O) groups excluding carboxylic acids is 3. The van der Waals surface area contributed by atoms with Crippen molar-refractivity contribution in [1.82, 2.24) is 0 Å². The Bertz CT molecular complexity index is 955. The van der Waals surface area contributed by atoms with Crippen LogP contribution in [0.2, 0.25) is 0 Å². The zero-order valence-electron chi connectivity index (χ0n) is 18.4. The average molecular weight is 419 g/mol. The molecule has 0 spiro atoms. The van der Waals surface area contributed by atoms with Gasteiger partial charge >= 0.3 is 0 Å². The molecule has 5 nitrogen and oxygen atoms in total. The lowest BCUT2D eigenvalue weighted by Gasteiger charge is -2.07. The fourth-order valence-corrected chi connectivity index (χ4v) is 2.68. The van der Waals surface area contributed by atoms with Crippen molar-refractivity contribution in [2.75, 3.05) is 17.2 Å². The molecule has 0 aliphatic heterocycles. The standard InChI is InChI=1S/C26H30N2O3/c1-18(2)24(29)6-5-17-27-22-14-10-21(11-15-22)25(30)16-9-20-7-12-23(13-8-20)28-26(31)19(3)4/h7-16,19,27H,1,5-6,17H2,2-4H3,(H,28,31)/b16-9+. The number of ketones is 2. The molecule has 0 heterocycles. The van der Waals surface area contributed by atoms with Gasteiger partial charge in [-0.3, -0.25) is 14.4 Å². The first-order chi connectivity index (χ1) is 14.8. The van der Waals surface area contributed by atoms with Gasteiger partial charge in [-0.15, -0.1) is 0 Å². The molecule has 0 aromatic heterocycles. The van der Waals surface area contributed by atoms with Gasteiger partial charge in [0, 0.05) is 35.8 Å². The van der Waals surface area contributed by atoms with Gasteiger partial charge in [0.25, 0.3) is 0 Å². The largest absolute Gasteiger partial charge is 0.385 e. The Balaban J connectivity index is 1.85. The van der Waals surface area contributed by atoms with Crippen molar-refractivity contribution < 1.29 is 14.4 Å². The van der Waals surface area contributed by atoms with E-state index in [1.807, 2.05) is 50.2 Å². The van der Waals surface area contributed by atoms with Crippen LogP contribution in [-0.2, 0) is 9.59 Å². The minimum Gasteiger partial charge on any atom is -0.385 e. The van der Waals surface area contributed by atoms with E-state index < -0.39 is 0 Å². The summed E-state index contributed by atoms with van der Waals surface area (Å²) in [4.78, 5) is 35.7. The SMILES string of the molecule is C=C(C)C(=O)CCCNc1ccc(C(=O)/C=C/c2ccc(NC(=O)C(C)C)cc2)cc1. The fourth-order valence-electron chi connectivity index (χ4n) is 2.68.